The number of hydrogen-bond acceptors (Lipinski definition) is 7. The number of nitro benzene ring substituents is 1. The normalized spacial score (nSPS) is 27.1. The first-order chi connectivity index (χ1) is 16.2. The Kier molecular flexibility index (Phi) is 4.76. The Balaban J connectivity index is 1.64. The number of nitrogens with two attached hydrogens (primary N) is 1. The van der Waals surface area contributed by atoms with Gasteiger partial charge in [0.25, 0.3) is 5.69 Å². The predicted molar refractivity (Wildman–Crippen MR) is 119 cm³/mol. The predicted octanol–water partition coefficient (Wildman–Crippen LogP) is 1.09. The summed E-state index contributed by atoms with van der Waals surface area (Å²) in [5, 5.41) is 17.4. The van der Waals surface area contributed by atoms with E-state index in [0.717, 1.165) is 4.90 Å². The second-order valence-electron chi connectivity index (χ2n) is 8.81. The van der Waals surface area contributed by atoms with Crippen molar-refractivity contribution in [3.8, 4) is 0 Å². The fourth-order valence-electron chi connectivity index (χ4n) is 5.49. The third-order valence-electron chi connectivity index (χ3n) is 6.97. The maximum absolute atomic E-state index is 13.8. The number of nitrogens with one attached hydrogen (secondary N) is 2. The fraction of sp³-hybridized carbons (Fsp3) is 0.304. The van der Waals surface area contributed by atoms with Gasteiger partial charge in [0.15, 0.2) is 0 Å². The summed E-state index contributed by atoms with van der Waals surface area (Å²) >= 11 is 0. The molecule has 0 radical (unpaired) electrons. The number of amides is 4. The van der Waals surface area contributed by atoms with Crippen molar-refractivity contribution < 1.29 is 24.1 Å². The van der Waals surface area contributed by atoms with Crippen molar-refractivity contribution in [1.82, 2.24) is 5.32 Å². The number of rotatable bonds is 5. The van der Waals surface area contributed by atoms with Crippen LogP contribution in [0.5, 0.6) is 0 Å². The molecule has 1 spiro atoms. The summed E-state index contributed by atoms with van der Waals surface area (Å²) < 4.78 is 0. The number of nitro groups is 1. The van der Waals surface area contributed by atoms with Crippen LogP contribution in [-0.4, -0.2) is 34.6 Å². The Labute approximate surface area is 193 Å². The fourth-order valence-corrected chi connectivity index (χ4v) is 5.49. The van der Waals surface area contributed by atoms with Crippen molar-refractivity contribution in [2.75, 3.05) is 10.2 Å². The molecule has 11 nitrogen and oxygen atoms in total. The van der Waals surface area contributed by atoms with Crippen LogP contribution in [0.1, 0.15) is 24.0 Å². The molecular formula is C23H21N5O6. The number of imide groups is 1. The van der Waals surface area contributed by atoms with Gasteiger partial charge >= 0.3 is 0 Å². The molecule has 2 fully saturated rings. The molecule has 0 aromatic heterocycles. The number of primary amides is 1. The zero-order chi connectivity index (χ0) is 24.4. The number of fused-ring (bicyclic) bond motifs is 4. The molecule has 0 bridgehead atoms. The second-order valence-corrected chi connectivity index (χ2v) is 8.81. The molecule has 0 saturated carbocycles. The van der Waals surface area contributed by atoms with Gasteiger partial charge in [-0.15, -0.1) is 0 Å². The zero-order valence-electron chi connectivity index (χ0n) is 18.1. The Bertz CT molecular complexity index is 1290. The molecule has 3 heterocycles. The third-order valence-corrected chi connectivity index (χ3v) is 6.97. The maximum Gasteiger partial charge on any atom is 0.274 e. The molecule has 0 unspecified atom stereocenters. The van der Waals surface area contributed by atoms with Gasteiger partial charge in [-0.2, -0.15) is 0 Å². The molecular weight excluding hydrogens is 442 g/mol. The zero-order valence-corrected chi connectivity index (χ0v) is 18.1. The van der Waals surface area contributed by atoms with E-state index in [0.29, 0.717) is 16.8 Å². The van der Waals surface area contributed by atoms with E-state index in [1.807, 2.05) is 0 Å². The summed E-state index contributed by atoms with van der Waals surface area (Å²) in [5.41, 5.74) is 5.10. The molecule has 5 rings (SSSR count). The van der Waals surface area contributed by atoms with Gasteiger partial charge in [0.2, 0.25) is 23.6 Å². The van der Waals surface area contributed by atoms with Crippen LogP contribution in [0.4, 0.5) is 17.1 Å². The van der Waals surface area contributed by atoms with Gasteiger partial charge in [-0.05, 0) is 25.5 Å². The maximum atomic E-state index is 13.8. The van der Waals surface area contributed by atoms with Crippen LogP contribution in [0, 0.1) is 28.9 Å². The minimum Gasteiger partial charge on any atom is -0.370 e. The van der Waals surface area contributed by atoms with Crippen molar-refractivity contribution in [2.45, 2.75) is 31.3 Å². The molecule has 4 N–H and O–H groups in total. The standard InChI is InChI=1S/C23H21N5O6/c1-11-6-7-12(10-16(11)28(33)34)27-20(30)18-15(8-9-17(24)29)26-23(19(18)21(27)31)13-4-2-3-5-14(13)25-22(23)32/h2-7,10,15,18-19,26H,8-9H2,1H3,(H2,24,29)(H,25,32)/t15-,18-,19-,23+/m0/s1. The van der Waals surface area contributed by atoms with Crippen LogP contribution in [-0.2, 0) is 24.7 Å². The van der Waals surface area contributed by atoms with E-state index < -0.39 is 52.0 Å². The first-order valence-corrected chi connectivity index (χ1v) is 10.8. The van der Waals surface area contributed by atoms with Gasteiger partial charge in [-0.1, -0.05) is 24.3 Å². The molecule has 2 aromatic carbocycles. The second kappa shape index (κ2) is 7.45. The molecule has 4 atom stereocenters. The quantitative estimate of drug-likeness (QED) is 0.339. The number of nitrogens with zero attached hydrogens (tertiary/aromatic N) is 2. The topological polar surface area (TPSA) is 165 Å². The van der Waals surface area contributed by atoms with Gasteiger partial charge in [-0.25, -0.2) is 4.90 Å². The number of para-hydroxylation sites is 1. The van der Waals surface area contributed by atoms with E-state index in [9.17, 15) is 29.3 Å². The SMILES string of the molecule is Cc1ccc(N2C(=O)[C@H]3[C@H](CCC(N)=O)N[C@@]4(C(=O)Nc5ccccc54)[C@@H]3C2=O)cc1[N+](=O)[O-]. The average molecular weight is 463 g/mol. The van der Waals surface area contributed by atoms with Crippen molar-refractivity contribution in [3.05, 3.63) is 63.7 Å². The lowest BCUT2D eigenvalue weighted by molar-refractivity contribution is -0.385. The van der Waals surface area contributed by atoms with Crippen LogP contribution < -0.4 is 21.3 Å². The van der Waals surface area contributed by atoms with E-state index in [4.69, 9.17) is 5.73 Å². The van der Waals surface area contributed by atoms with E-state index >= 15 is 0 Å². The monoisotopic (exact) mass is 463 g/mol. The summed E-state index contributed by atoms with van der Waals surface area (Å²) in [7, 11) is 0. The summed E-state index contributed by atoms with van der Waals surface area (Å²) in [6, 6.07) is 10.3. The molecule has 34 heavy (non-hydrogen) atoms. The van der Waals surface area contributed by atoms with E-state index in [1.54, 1.807) is 31.2 Å². The Morgan fingerprint density at radius 3 is 2.62 bits per heavy atom. The first kappa shape index (κ1) is 21.7. The molecule has 2 saturated heterocycles. The highest BCUT2D eigenvalue weighted by Crippen LogP contribution is 2.54. The third kappa shape index (κ3) is 2.86. The minimum absolute atomic E-state index is 0.0439. The first-order valence-electron chi connectivity index (χ1n) is 10.8. The molecule has 174 valence electrons. The largest absolute Gasteiger partial charge is 0.370 e. The highest BCUT2D eigenvalue weighted by atomic mass is 16.6. The Morgan fingerprint density at radius 1 is 1.18 bits per heavy atom. The van der Waals surface area contributed by atoms with Crippen LogP contribution in [0.2, 0.25) is 0 Å². The Morgan fingerprint density at radius 2 is 1.91 bits per heavy atom. The van der Waals surface area contributed by atoms with Gasteiger partial charge in [0.05, 0.1) is 22.4 Å². The van der Waals surface area contributed by atoms with Gasteiger partial charge in [0.1, 0.15) is 5.54 Å². The summed E-state index contributed by atoms with van der Waals surface area (Å²) in [5.74, 6) is -4.30. The van der Waals surface area contributed by atoms with Crippen molar-refractivity contribution in [2.24, 2.45) is 17.6 Å². The van der Waals surface area contributed by atoms with Crippen LogP contribution >= 0.6 is 0 Å². The molecule has 3 aliphatic rings. The summed E-state index contributed by atoms with van der Waals surface area (Å²) in [4.78, 5) is 64.0. The number of carbonyl (C=O) groups excluding carboxylic acids is 4. The van der Waals surface area contributed by atoms with Crippen molar-refractivity contribution in [1.29, 1.82) is 0 Å². The van der Waals surface area contributed by atoms with Crippen LogP contribution in [0.25, 0.3) is 0 Å². The van der Waals surface area contributed by atoms with E-state index in [-0.39, 0.29) is 24.2 Å². The molecule has 2 aromatic rings. The number of anilines is 2. The van der Waals surface area contributed by atoms with E-state index in [1.165, 1.54) is 18.2 Å². The molecule has 0 aliphatic carbocycles. The lowest BCUT2D eigenvalue weighted by atomic mass is 9.76. The minimum atomic E-state index is -1.51. The number of aryl methyl sites for hydroxylation is 1. The summed E-state index contributed by atoms with van der Waals surface area (Å²) in [6.07, 6.45) is 0.103. The van der Waals surface area contributed by atoms with Crippen molar-refractivity contribution in [3.63, 3.8) is 0 Å². The van der Waals surface area contributed by atoms with Gasteiger partial charge in [-0.3, -0.25) is 34.6 Å². The highest BCUT2D eigenvalue weighted by Gasteiger charge is 2.70. The number of benzene rings is 2. The number of carbonyl (C=O) groups is 4. The molecule has 3 aliphatic heterocycles. The van der Waals surface area contributed by atoms with Gasteiger partial charge < -0.3 is 11.1 Å². The molecule has 4 amide bonds. The summed E-state index contributed by atoms with van der Waals surface area (Å²) in [6.45, 7) is 1.56. The highest BCUT2D eigenvalue weighted by molar-refractivity contribution is 6.26. The molecule has 11 heteroatoms. The number of hydrogen-bond donors (Lipinski definition) is 3. The average Bonchev–Trinajstić information content (AvgIpc) is 3.37. The lowest BCUT2D eigenvalue weighted by Gasteiger charge is -2.29. The van der Waals surface area contributed by atoms with Crippen molar-refractivity contribution >= 4 is 40.7 Å². The smallest absolute Gasteiger partial charge is 0.274 e. The van der Waals surface area contributed by atoms with Crippen LogP contribution in [0.3, 0.4) is 0 Å². The van der Waals surface area contributed by atoms with Crippen LogP contribution in [0.15, 0.2) is 42.5 Å². The van der Waals surface area contributed by atoms with E-state index in [2.05, 4.69) is 10.6 Å². The lowest BCUT2D eigenvalue weighted by Crippen LogP contribution is -2.53. The Hall–Kier alpha value is -4.12. The van der Waals surface area contributed by atoms with Gasteiger partial charge in [0, 0.05) is 35.3 Å².